The van der Waals surface area contributed by atoms with Gasteiger partial charge in [-0.05, 0) is 19.5 Å². The van der Waals surface area contributed by atoms with Gasteiger partial charge in [0.15, 0.2) is 0 Å². The molecule has 1 unspecified atom stereocenters. The van der Waals surface area contributed by atoms with Gasteiger partial charge in [0.1, 0.15) is 0 Å². The second kappa shape index (κ2) is 7.41. The van der Waals surface area contributed by atoms with Crippen LogP contribution in [0, 0.1) is 6.54 Å². The predicted molar refractivity (Wildman–Crippen MR) is 81.1 cm³/mol. The van der Waals surface area contributed by atoms with E-state index in [4.69, 9.17) is 0 Å². The monoisotopic (exact) mass is 274 g/mol. The molecule has 0 bridgehead atoms. The fourth-order valence-corrected chi connectivity index (χ4v) is 2.43. The highest BCUT2D eigenvalue weighted by molar-refractivity contribution is 5.77. The van der Waals surface area contributed by atoms with E-state index in [-0.39, 0.29) is 5.91 Å². The number of amides is 1. The molecule has 1 atom stereocenters. The lowest BCUT2D eigenvalue weighted by molar-refractivity contribution is -0.121. The number of nitrogens with one attached hydrogen (secondary N) is 1. The van der Waals surface area contributed by atoms with E-state index in [9.17, 15) is 4.79 Å². The maximum atomic E-state index is 12.0. The van der Waals surface area contributed by atoms with Crippen molar-refractivity contribution in [2.75, 3.05) is 33.2 Å². The lowest BCUT2D eigenvalue weighted by atomic mass is 10.1. The summed E-state index contributed by atoms with van der Waals surface area (Å²) in [7, 11) is 2.14. The van der Waals surface area contributed by atoms with Crippen LogP contribution >= 0.6 is 0 Å². The number of piperazine rings is 1. The standard InChI is InChI=1S/C16H24N3O/c1-14(19-10-8-18(2)9-11-19)12-16(20)17-13-15-6-4-3-5-7-15/h3-7,13-14H,8-12H2,1-2H3,(H,17,20). The quantitative estimate of drug-likeness (QED) is 0.880. The van der Waals surface area contributed by atoms with Crippen molar-refractivity contribution in [1.82, 2.24) is 15.1 Å². The summed E-state index contributed by atoms with van der Waals surface area (Å²) in [6, 6.07) is 10.1. The van der Waals surface area contributed by atoms with Gasteiger partial charge in [-0.3, -0.25) is 9.69 Å². The Hall–Kier alpha value is -1.39. The van der Waals surface area contributed by atoms with Crippen molar-refractivity contribution in [3.8, 4) is 0 Å². The number of rotatable bonds is 5. The van der Waals surface area contributed by atoms with Gasteiger partial charge in [0.25, 0.3) is 0 Å². The molecule has 1 aromatic rings. The SMILES string of the molecule is CC(CC(=O)N[CH]c1ccccc1)N1CCN(C)CC1. The minimum Gasteiger partial charge on any atom is -0.347 e. The molecule has 4 nitrogen and oxygen atoms in total. The summed E-state index contributed by atoms with van der Waals surface area (Å²) in [4.78, 5) is 16.7. The van der Waals surface area contributed by atoms with Gasteiger partial charge in [-0.1, -0.05) is 30.3 Å². The van der Waals surface area contributed by atoms with E-state index in [1.165, 1.54) is 0 Å². The first kappa shape index (κ1) is 15.0. The largest absolute Gasteiger partial charge is 0.347 e. The number of benzene rings is 1. The van der Waals surface area contributed by atoms with Crippen molar-refractivity contribution in [2.45, 2.75) is 19.4 Å². The van der Waals surface area contributed by atoms with Crippen LogP contribution in [-0.4, -0.2) is 55.0 Å². The third-order valence-electron chi connectivity index (χ3n) is 3.84. The number of carbonyl (C=O) groups excluding carboxylic acids is 1. The topological polar surface area (TPSA) is 35.6 Å². The molecule has 0 saturated carbocycles. The average Bonchev–Trinajstić information content (AvgIpc) is 2.47. The number of carbonyl (C=O) groups is 1. The van der Waals surface area contributed by atoms with Gasteiger partial charge >= 0.3 is 0 Å². The number of hydrogen-bond donors (Lipinski definition) is 1. The fourth-order valence-electron chi connectivity index (χ4n) is 2.43. The maximum absolute atomic E-state index is 12.0. The number of nitrogens with zero attached hydrogens (tertiary/aromatic N) is 2. The molecule has 0 aromatic heterocycles. The normalized spacial score (nSPS) is 18.7. The third kappa shape index (κ3) is 4.62. The van der Waals surface area contributed by atoms with Gasteiger partial charge in [-0.25, -0.2) is 0 Å². The molecule has 1 amide bonds. The Kier molecular flexibility index (Phi) is 5.56. The van der Waals surface area contributed by atoms with E-state index < -0.39 is 0 Å². The summed E-state index contributed by atoms with van der Waals surface area (Å²) in [5.74, 6) is 0.0836. The molecule has 1 aliphatic heterocycles. The molecule has 1 fully saturated rings. The lowest BCUT2D eigenvalue weighted by Crippen LogP contribution is -2.49. The molecular formula is C16H24N3O. The van der Waals surface area contributed by atoms with E-state index in [1.54, 1.807) is 6.54 Å². The smallest absolute Gasteiger partial charge is 0.222 e. The van der Waals surface area contributed by atoms with Crippen molar-refractivity contribution >= 4 is 5.91 Å². The second-order valence-electron chi connectivity index (χ2n) is 5.51. The van der Waals surface area contributed by atoms with Crippen molar-refractivity contribution in [2.24, 2.45) is 0 Å². The van der Waals surface area contributed by atoms with Gasteiger partial charge < -0.3 is 10.2 Å². The summed E-state index contributed by atoms with van der Waals surface area (Å²) in [6.45, 7) is 8.18. The van der Waals surface area contributed by atoms with E-state index >= 15 is 0 Å². The average molecular weight is 274 g/mol. The third-order valence-corrected chi connectivity index (χ3v) is 3.84. The van der Waals surface area contributed by atoms with Gasteiger partial charge in [-0.2, -0.15) is 0 Å². The molecule has 1 N–H and O–H groups in total. The molecule has 2 rings (SSSR count). The first-order valence-corrected chi connectivity index (χ1v) is 7.25. The van der Waals surface area contributed by atoms with Crippen LogP contribution in [0.4, 0.5) is 0 Å². The molecule has 20 heavy (non-hydrogen) atoms. The van der Waals surface area contributed by atoms with Crippen LogP contribution in [0.3, 0.4) is 0 Å². The molecule has 1 heterocycles. The minimum atomic E-state index is 0.0836. The van der Waals surface area contributed by atoms with Crippen molar-refractivity contribution in [1.29, 1.82) is 0 Å². The van der Waals surface area contributed by atoms with Crippen LogP contribution in [0.25, 0.3) is 0 Å². The summed E-state index contributed by atoms with van der Waals surface area (Å²) in [5, 5.41) is 2.88. The Morgan fingerprint density at radius 1 is 1.25 bits per heavy atom. The second-order valence-corrected chi connectivity index (χ2v) is 5.51. The number of hydrogen-bond acceptors (Lipinski definition) is 3. The van der Waals surface area contributed by atoms with E-state index in [2.05, 4.69) is 29.1 Å². The highest BCUT2D eigenvalue weighted by Crippen LogP contribution is 2.08. The predicted octanol–water partition coefficient (Wildman–Crippen LogP) is 1.34. The first-order chi connectivity index (χ1) is 9.65. The molecule has 0 aliphatic carbocycles. The van der Waals surface area contributed by atoms with Crippen LogP contribution in [0.15, 0.2) is 30.3 Å². The summed E-state index contributed by atoms with van der Waals surface area (Å²) >= 11 is 0. The Bertz CT molecular complexity index is 413. The Balaban J connectivity index is 1.71. The Labute approximate surface area is 121 Å². The van der Waals surface area contributed by atoms with Gasteiger partial charge in [-0.15, -0.1) is 0 Å². The highest BCUT2D eigenvalue weighted by atomic mass is 16.1. The van der Waals surface area contributed by atoms with Crippen LogP contribution < -0.4 is 5.32 Å². The van der Waals surface area contributed by atoms with E-state index in [1.807, 2.05) is 30.3 Å². The minimum absolute atomic E-state index is 0.0836. The summed E-state index contributed by atoms with van der Waals surface area (Å²) < 4.78 is 0. The van der Waals surface area contributed by atoms with Gasteiger partial charge in [0.2, 0.25) is 5.91 Å². The molecular weight excluding hydrogens is 250 g/mol. The van der Waals surface area contributed by atoms with Crippen LogP contribution in [0.2, 0.25) is 0 Å². The molecule has 4 heteroatoms. The fraction of sp³-hybridized carbons (Fsp3) is 0.500. The molecule has 1 aromatic carbocycles. The highest BCUT2D eigenvalue weighted by Gasteiger charge is 2.20. The van der Waals surface area contributed by atoms with Crippen molar-refractivity contribution < 1.29 is 4.79 Å². The van der Waals surface area contributed by atoms with Crippen LogP contribution in [0.1, 0.15) is 18.9 Å². The molecule has 1 aliphatic rings. The first-order valence-electron chi connectivity index (χ1n) is 7.25. The lowest BCUT2D eigenvalue weighted by Gasteiger charge is -2.36. The summed E-state index contributed by atoms with van der Waals surface area (Å²) in [6.07, 6.45) is 0.549. The zero-order valence-electron chi connectivity index (χ0n) is 12.4. The van der Waals surface area contributed by atoms with Crippen LogP contribution in [0.5, 0.6) is 0 Å². The van der Waals surface area contributed by atoms with Crippen molar-refractivity contribution in [3.05, 3.63) is 42.4 Å². The summed E-state index contributed by atoms with van der Waals surface area (Å²) in [5.41, 5.74) is 1.02. The van der Waals surface area contributed by atoms with E-state index in [0.717, 1.165) is 31.7 Å². The molecule has 1 saturated heterocycles. The van der Waals surface area contributed by atoms with Gasteiger partial charge in [0.05, 0.1) is 6.54 Å². The molecule has 0 spiro atoms. The zero-order chi connectivity index (χ0) is 14.4. The van der Waals surface area contributed by atoms with Crippen LogP contribution in [-0.2, 0) is 4.79 Å². The van der Waals surface area contributed by atoms with Gasteiger partial charge in [0, 0.05) is 38.6 Å². The number of likely N-dealkylation sites (N-methyl/N-ethyl adjacent to an activating group) is 1. The zero-order valence-corrected chi connectivity index (χ0v) is 12.4. The molecule has 109 valence electrons. The Morgan fingerprint density at radius 3 is 2.55 bits per heavy atom. The van der Waals surface area contributed by atoms with E-state index in [0.29, 0.717) is 12.5 Å². The molecule has 1 radical (unpaired) electrons. The Morgan fingerprint density at radius 2 is 1.90 bits per heavy atom. The van der Waals surface area contributed by atoms with Crippen molar-refractivity contribution in [3.63, 3.8) is 0 Å². The maximum Gasteiger partial charge on any atom is 0.222 e.